The molecule has 1 atom stereocenters. The molecule has 1 amide bonds. The lowest BCUT2D eigenvalue weighted by molar-refractivity contribution is -0.121. The van der Waals surface area contributed by atoms with Crippen LogP contribution in [0.3, 0.4) is 0 Å². The number of fused-ring (bicyclic) bond motifs is 1. The highest BCUT2D eigenvalue weighted by Gasteiger charge is 2.18. The number of hydrogen-bond acceptors (Lipinski definition) is 3. The Balaban J connectivity index is 1.62. The van der Waals surface area contributed by atoms with Gasteiger partial charge in [0.25, 0.3) is 0 Å². The number of ether oxygens (including phenoxy) is 1. The second kappa shape index (κ2) is 7.68. The van der Waals surface area contributed by atoms with Crippen LogP contribution in [0.5, 0.6) is 0 Å². The van der Waals surface area contributed by atoms with E-state index in [-0.39, 0.29) is 5.91 Å². The van der Waals surface area contributed by atoms with Crippen LogP contribution in [0.2, 0.25) is 0 Å². The van der Waals surface area contributed by atoms with E-state index in [9.17, 15) is 4.79 Å². The maximum absolute atomic E-state index is 12.4. The summed E-state index contributed by atoms with van der Waals surface area (Å²) in [6.07, 6.45) is 0. The van der Waals surface area contributed by atoms with Gasteiger partial charge in [-0.1, -0.05) is 18.2 Å². The summed E-state index contributed by atoms with van der Waals surface area (Å²) in [6, 6.07) is 8.47. The van der Waals surface area contributed by atoms with E-state index in [1.54, 1.807) is 0 Å². The maximum atomic E-state index is 12.4. The molecule has 1 aliphatic rings. The number of amides is 1. The fraction of sp³-hybridized carbons (Fsp3) is 0.500. The zero-order chi connectivity index (χ0) is 17.1. The van der Waals surface area contributed by atoms with Crippen molar-refractivity contribution >= 4 is 32.7 Å². The normalized spacial score (nSPS) is 17.1. The molecule has 1 fully saturated rings. The van der Waals surface area contributed by atoms with Crippen LogP contribution in [0.15, 0.2) is 28.7 Å². The lowest BCUT2D eigenvalue weighted by Crippen LogP contribution is -2.47. The van der Waals surface area contributed by atoms with Crippen molar-refractivity contribution in [3.8, 4) is 0 Å². The van der Waals surface area contributed by atoms with Gasteiger partial charge in [-0.25, -0.2) is 0 Å². The van der Waals surface area contributed by atoms with Crippen molar-refractivity contribution in [1.82, 2.24) is 14.8 Å². The number of nitrogens with one attached hydrogen (secondary N) is 1. The van der Waals surface area contributed by atoms with E-state index in [2.05, 4.69) is 49.8 Å². The number of halogens is 1. The van der Waals surface area contributed by atoms with Crippen molar-refractivity contribution in [3.63, 3.8) is 0 Å². The van der Waals surface area contributed by atoms with Crippen molar-refractivity contribution in [3.05, 3.63) is 34.4 Å². The Labute approximate surface area is 151 Å². The van der Waals surface area contributed by atoms with Gasteiger partial charge in [-0.15, -0.1) is 0 Å². The molecule has 2 aromatic rings. The molecule has 0 saturated carbocycles. The molecule has 0 bridgehead atoms. The van der Waals surface area contributed by atoms with Gasteiger partial charge in [-0.05, 0) is 35.8 Å². The predicted molar refractivity (Wildman–Crippen MR) is 99.2 cm³/mol. The highest BCUT2D eigenvalue weighted by Crippen LogP contribution is 2.30. The third-order valence-electron chi connectivity index (χ3n) is 4.72. The first kappa shape index (κ1) is 17.5. The Bertz CT molecular complexity index is 722. The Morgan fingerprint density at radius 3 is 2.79 bits per heavy atom. The van der Waals surface area contributed by atoms with Crippen LogP contribution in [-0.4, -0.2) is 54.3 Å². The van der Waals surface area contributed by atoms with Crippen LogP contribution in [0, 0.1) is 6.92 Å². The van der Waals surface area contributed by atoms with Gasteiger partial charge in [0.2, 0.25) is 5.91 Å². The average Bonchev–Trinajstić information content (AvgIpc) is 2.86. The molecule has 1 aromatic carbocycles. The van der Waals surface area contributed by atoms with Crippen molar-refractivity contribution < 1.29 is 9.53 Å². The minimum atomic E-state index is 0.0477. The summed E-state index contributed by atoms with van der Waals surface area (Å²) >= 11 is 3.63. The van der Waals surface area contributed by atoms with E-state index in [0.717, 1.165) is 47.4 Å². The first-order chi connectivity index (χ1) is 11.6. The van der Waals surface area contributed by atoms with E-state index in [1.165, 1.54) is 0 Å². The van der Waals surface area contributed by atoms with E-state index in [1.807, 2.05) is 19.1 Å². The van der Waals surface area contributed by atoms with Crippen LogP contribution in [0.1, 0.15) is 12.6 Å². The highest BCUT2D eigenvalue weighted by molar-refractivity contribution is 9.10. The summed E-state index contributed by atoms with van der Waals surface area (Å²) in [5, 5.41) is 4.21. The number of morpholine rings is 1. The molecule has 1 unspecified atom stereocenters. The molecular formula is C18H24BrN3O2. The maximum Gasteiger partial charge on any atom is 0.240 e. The van der Waals surface area contributed by atoms with Crippen molar-refractivity contribution in [2.45, 2.75) is 26.4 Å². The summed E-state index contributed by atoms with van der Waals surface area (Å²) < 4.78 is 8.50. The topological polar surface area (TPSA) is 46.5 Å². The quantitative estimate of drug-likeness (QED) is 0.848. The summed E-state index contributed by atoms with van der Waals surface area (Å²) in [4.78, 5) is 14.8. The lowest BCUT2D eigenvalue weighted by Gasteiger charge is -2.32. The smallest absolute Gasteiger partial charge is 0.240 e. The van der Waals surface area contributed by atoms with Gasteiger partial charge < -0.3 is 14.6 Å². The zero-order valence-electron chi connectivity index (χ0n) is 14.2. The van der Waals surface area contributed by atoms with Crippen LogP contribution < -0.4 is 5.32 Å². The van der Waals surface area contributed by atoms with Crippen LogP contribution >= 0.6 is 15.9 Å². The standard InChI is InChI=1S/C18H24BrN3O2/c1-13(21-7-9-24-10-8-21)11-20-17(23)12-22-14(2)18(19)15-5-3-4-6-16(15)22/h3-6,13H,7-12H2,1-2H3,(H,20,23). The van der Waals surface area contributed by atoms with Gasteiger partial charge in [0.1, 0.15) is 6.54 Å². The molecule has 1 aromatic heterocycles. The van der Waals surface area contributed by atoms with E-state index in [0.29, 0.717) is 19.1 Å². The first-order valence-electron chi connectivity index (χ1n) is 8.39. The second-order valence-corrected chi connectivity index (χ2v) is 7.10. The molecule has 0 spiro atoms. The van der Waals surface area contributed by atoms with Crippen LogP contribution in [0.4, 0.5) is 0 Å². The highest BCUT2D eigenvalue weighted by atomic mass is 79.9. The third kappa shape index (κ3) is 3.66. The third-order valence-corrected chi connectivity index (χ3v) is 5.72. The fourth-order valence-corrected chi connectivity index (χ4v) is 3.75. The van der Waals surface area contributed by atoms with E-state index >= 15 is 0 Å². The van der Waals surface area contributed by atoms with Crippen molar-refractivity contribution in [2.75, 3.05) is 32.8 Å². The number of carbonyl (C=O) groups is 1. The average molecular weight is 394 g/mol. The molecule has 5 nitrogen and oxygen atoms in total. The molecule has 6 heteroatoms. The fourth-order valence-electron chi connectivity index (χ4n) is 3.20. The van der Waals surface area contributed by atoms with Crippen LogP contribution in [0.25, 0.3) is 10.9 Å². The minimum absolute atomic E-state index is 0.0477. The molecule has 3 rings (SSSR count). The number of rotatable bonds is 5. The number of para-hydroxylation sites is 1. The minimum Gasteiger partial charge on any atom is -0.379 e. The Hall–Kier alpha value is -1.37. The van der Waals surface area contributed by atoms with E-state index < -0.39 is 0 Å². The Kier molecular flexibility index (Phi) is 5.58. The molecule has 1 N–H and O–H groups in total. The van der Waals surface area contributed by atoms with Gasteiger partial charge in [-0.3, -0.25) is 9.69 Å². The largest absolute Gasteiger partial charge is 0.379 e. The zero-order valence-corrected chi connectivity index (χ0v) is 15.8. The Morgan fingerprint density at radius 2 is 2.04 bits per heavy atom. The Morgan fingerprint density at radius 1 is 1.33 bits per heavy atom. The molecule has 1 saturated heterocycles. The molecule has 130 valence electrons. The monoisotopic (exact) mass is 393 g/mol. The number of aromatic nitrogens is 1. The SMILES string of the molecule is Cc1c(Br)c2ccccc2n1CC(=O)NCC(C)N1CCOCC1. The van der Waals surface area contributed by atoms with Gasteiger partial charge in [0.05, 0.1) is 13.2 Å². The van der Waals surface area contributed by atoms with Gasteiger partial charge in [0, 0.05) is 46.7 Å². The summed E-state index contributed by atoms with van der Waals surface area (Å²) in [5.41, 5.74) is 2.16. The van der Waals surface area contributed by atoms with Crippen LogP contribution in [-0.2, 0) is 16.1 Å². The summed E-state index contributed by atoms with van der Waals surface area (Å²) in [6.45, 7) is 8.62. The number of benzene rings is 1. The number of carbonyl (C=O) groups excluding carboxylic acids is 1. The number of nitrogens with zero attached hydrogens (tertiary/aromatic N) is 2. The number of hydrogen-bond donors (Lipinski definition) is 1. The second-order valence-electron chi connectivity index (χ2n) is 6.30. The van der Waals surface area contributed by atoms with Gasteiger partial charge in [-0.2, -0.15) is 0 Å². The molecule has 1 aliphatic heterocycles. The van der Waals surface area contributed by atoms with Gasteiger partial charge >= 0.3 is 0 Å². The van der Waals surface area contributed by atoms with E-state index in [4.69, 9.17) is 4.74 Å². The van der Waals surface area contributed by atoms with Crippen molar-refractivity contribution in [1.29, 1.82) is 0 Å². The molecule has 24 heavy (non-hydrogen) atoms. The first-order valence-corrected chi connectivity index (χ1v) is 9.19. The summed E-state index contributed by atoms with van der Waals surface area (Å²) in [5.74, 6) is 0.0477. The molecular weight excluding hydrogens is 370 g/mol. The summed E-state index contributed by atoms with van der Waals surface area (Å²) in [7, 11) is 0. The molecule has 2 heterocycles. The molecule has 0 radical (unpaired) electrons. The molecule has 0 aliphatic carbocycles. The lowest BCUT2D eigenvalue weighted by atomic mass is 10.2. The predicted octanol–water partition coefficient (Wildman–Crippen LogP) is 2.55. The van der Waals surface area contributed by atoms with Crippen molar-refractivity contribution in [2.24, 2.45) is 0 Å². The van der Waals surface area contributed by atoms with Gasteiger partial charge in [0.15, 0.2) is 0 Å².